The van der Waals surface area contributed by atoms with Gasteiger partial charge in [-0.3, -0.25) is 4.79 Å². The molecule has 1 aliphatic heterocycles. The van der Waals surface area contributed by atoms with Crippen molar-refractivity contribution in [3.05, 3.63) is 29.8 Å². The molecule has 5 nitrogen and oxygen atoms in total. The van der Waals surface area contributed by atoms with Gasteiger partial charge in [0.25, 0.3) is 0 Å². The van der Waals surface area contributed by atoms with Gasteiger partial charge < -0.3 is 5.11 Å². The van der Waals surface area contributed by atoms with Gasteiger partial charge in [-0.15, -0.1) is 0 Å². The average Bonchev–Trinajstić information content (AvgIpc) is 2.46. The highest BCUT2D eigenvalue weighted by molar-refractivity contribution is 7.89. The fraction of sp³-hybridized carbons (Fsp3) is 0.562. The zero-order valence-electron chi connectivity index (χ0n) is 13.2. The molecule has 1 aromatic rings. The Hall–Kier alpha value is -1.40. The quantitative estimate of drug-likeness (QED) is 0.926. The van der Waals surface area contributed by atoms with Gasteiger partial charge in [-0.2, -0.15) is 4.31 Å². The van der Waals surface area contributed by atoms with Crippen LogP contribution in [-0.4, -0.2) is 36.9 Å². The van der Waals surface area contributed by atoms with Crippen molar-refractivity contribution in [1.29, 1.82) is 0 Å². The number of carboxylic acid groups (broad SMARTS) is 1. The minimum Gasteiger partial charge on any atom is -0.481 e. The maximum absolute atomic E-state index is 12.6. The van der Waals surface area contributed by atoms with E-state index in [2.05, 4.69) is 20.8 Å². The van der Waals surface area contributed by atoms with Crippen LogP contribution in [-0.2, 0) is 20.2 Å². The van der Waals surface area contributed by atoms with Gasteiger partial charge in [0.05, 0.1) is 10.8 Å². The van der Waals surface area contributed by atoms with Crippen molar-refractivity contribution in [1.82, 2.24) is 4.31 Å². The molecule has 122 valence electrons. The van der Waals surface area contributed by atoms with Crippen LogP contribution in [0.3, 0.4) is 0 Å². The van der Waals surface area contributed by atoms with Crippen molar-refractivity contribution < 1.29 is 18.3 Å². The second-order valence-electron chi connectivity index (χ2n) is 6.81. The number of carboxylic acids is 1. The smallest absolute Gasteiger partial charge is 0.307 e. The Labute approximate surface area is 132 Å². The predicted octanol–water partition coefficient (Wildman–Crippen LogP) is 2.47. The third-order valence-electron chi connectivity index (χ3n) is 4.09. The second-order valence-corrected chi connectivity index (χ2v) is 8.75. The van der Waals surface area contributed by atoms with Crippen molar-refractivity contribution in [2.75, 3.05) is 13.1 Å². The molecule has 1 fully saturated rings. The highest BCUT2D eigenvalue weighted by atomic mass is 32.2. The van der Waals surface area contributed by atoms with Gasteiger partial charge in [-0.05, 0) is 36.0 Å². The van der Waals surface area contributed by atoms with Crippen LogP contribution in [0.1, 0.15) is 39.2 Å². The number of carbonyl (C=O) groups is 1. The Bertz CT molecular complexity index is 644. The third-order valence-corrected chi connectivity index (χ3v) is 5.97. The number of aliphatic carboxylic acids is 1. The van der Waals surface area contributed by atoms with Crippen LogP contribution in [0.4, 0.5) is 0 Å². The molecular weight excluding hydrogens is 302 g/mol. The van der Waals surface area contributed by atoms with E-state index >= 15 is 0 Å². The van der Waals surface area contributed by atoms with Gasteiger partial charge in [0.1, 0.15) is 0 Å². The molecule has 1 saturated heterocycles. The summed E-state index contributed by atoms with van der Waals surface area (Å²) in [6, 6.07) is 6.87. The number of rotatable bonds is 3. The standard InChI is InChI=1S/C16H23NO4S/c1-16(2,3)13-6-8-14(9-7-13)22(20,21)17-10-4-5-12(11-17)15(18)19/h6-9,12H,4-5,10-11H2,1-3H3,(H,18,19)/t12-/m0/s1. The highest BCUT2D eigenvalue weighted by Crippen LogP contribution is 2.27. The van der Waals surface area contributed by atoms with Gasteiger partial charge in [0.2, 0.25) is 10.0 Å². The van der Waals surface area contributed by atoms with Crippen LogP contribution in [0.25, 0.3) is 0 Å². The molecule has 0 bridgehead atoms. The normalized spacial score (nSPS) is 20.8. The molecule has 0 amide bonds. The van der Waals surface area contributed by atoms with Crippen LogP contribution < -0.4 is 0 Å². The zero-order valence-corrected chi connectivity index (χ0v) is 14.1. The Morgan fingerprint density at radius 3 is 2.32 bits per heavy atom. The van der Waals surface area contributed by atoms with Gasteiger partial charge in [0, 0.05) is 13.1 Å². The van der Waals surface area contributed by atoms with Crippen molar-refractivity contribution in [2.24, 2.45) is 5.92 Å². The largest absolute Gasteiger partial charge is 0.481 e. The van der Waals surface area contributed by atoms with Crippen molar-refractivity contribution in [3.63, 3.8) is 0 Å². The van der Waals surface area contributed by atoms with E-state index in [-0.39, 0.29) is 16.9 Å². The fourth-order valence-corrected chi connectivity index (χ4v) is 4.16. The lowest BCUT2D eigenvalue weighted by Crippen LogP contribution is -2.42. The molecule has 6 heteroatoms. The number of nitrogens with zero attached hydrogens (tertiary/aromatic N) is 1. The molecule has 0 aromatic heterocycles. The number of piperidine rings is 1. The summed E-state index contributed by atoms with van der Waals surface area (Å²) in [4.78, 5) is 11.3. The number of hydrogen-bond donors (Lipinski definition) is 1. The minimum absolute atomic E-state index is 0.0399. The van der Waals surface area contributed by atoms with E-state index in [9.17, 15) is 13.2 Å². The fourth-order valence-electron chi connectivity index (χ4n) is 2.64. The van der Waals surface area contributed by atoms with Crippen molar-refractivity contribution in [2.45, 2.75) is 43.9 Å². The van der Waals surface area contributed by atoms with Crippen LogP contribution in [0.15, 0.2) is 29.2 Å². The Morgan fingerprint density at radius 2 is 1.82 bits per heavy atom. The van der Waals surface area contributed by atoms with Crippen molar-refractivity contribution >= 4 is 16.0 Å². The van der Waals surface area contributed by atoms with Gasteiger partial charge in [-0.1, -0.05) is 32.9 Å². The molecule has 1 aliphatic rings. The zero-order chi connectivity index (χ0) is 16.5. The van der Waals surface area contributed by atoms with Crippen LogP contribution >= 0.6 is 0 Å². The van der Waals surface area contributed by atoms with E-state index in [1.165, 1.54) is 4.31 Å². The Morgan fingerprint density at radius 1 is 1.23 bits per heavy atom. The molecule has 0 aliphatic carbocycles. The lowest BCUT2D eigenvalue weighted by molar-refractivity contribution is -0.142. The van der Waals surface area contributed by atoms with E-state index in [0.717, 1.165) is 5.56 Å². The summed E-state index contributed by atoms with van der Waals surface area (Å²) >= 11 is 0. The maximum atomic E-state index is 12.6. The summed E-state index contributed by atoms with van der Waals surface area (Å²) in [6.45, 7) is 6.64. The maximum Gasteiger partial charge on any atom is 0.307 e. The summed E-state index contributed by atoms with van der Waals surface area (Å²) in [5.41, 5.74) is 1.02. The van der Waals surface area contributed by atoms with E-state index < -0.39 is 21.9 Å². The summed E-state index contributed by atoms with van der Waals surface area (Å²) < 4.78 is 26.6. The lowest BCUT2D eigenvalue weighted by Gasteiger charge is -2.30. The number of sulfonamides is 1. The molecule has 1 heterocycles. The van der Waals surface area contributed by atoms with E-state index in [1.54, 1.807) is 12.1 Å². The summed E-state index contributed by atoms with van der Waals surface area (Å²) in [5.74, 6) is -1.54. The van der Waals surface area contributed by atoms with Crippen LogP contribution in [0.5, 0.6) is 0 Å². The average molecular weight is 325 g/mol. The van der Waals surface area contributed by atoms with Gasteiger partial charge in [0.15, 0.2) is 0 Å². The molecule has 1 N–H and O–H groups in total. The Balaban J connectivity index is 2.25. The molecular formula is C16H23NO4S. The first-order chi connectivity index (χ1) is 10.1. The molecule has 22 heavy (non-hydrogen) atoms. The molecule has 0 saturated carbocycles. The molecule has 1 aromatic carbocycles. The summed E-state index contributed by atoms with van der Waals surface area (Å²) in [5, 5.41) is 9.10. The monoisotopic (exact) mass is 325 g/mol. The van der Waals surface area contributed by atoms with E-state index in [4.69, 9.17) is 5.11 Å². The second kappa shape index (κ2) is 6.01. The summed E-state index contributed by atoms with van der Waals surface area (Å²) in [7, 11) is -3.62. The number of hydrogen-bond acceptors (Lipinski definition) is 3. The first-order valence-electron chi connectivity index (χ1n) is 7.46. The molecule has 1 atom stereocenters. The minimum atomic E-state index is -3.62. The molecule has 0 spiro atoms. The first kappa shape index (κ1) is 17.0. The highest BCUT2D eigenvalue weighted by Gasteiger charge is 2.33. The van der Waals surface area contributed by atoms with Crippen molar-refractivity contribution in [3.8, 4) is 0 Å². The lowest BCUT2D eigenvalue weighted by atomic mass is 9.87. The molecule has 0 radical (unpaired) electrons. The van der Waals surface area contributed by atoms with Crippen LogP contribution in [0.2, 0.25) is 0 Å². The van der Waals surface area contributed by atoms with Crippen LogP contribution in [0, 0.1) is 5.92 Å². The van der Waals surface area contributed by atoms with Gasteiger partial charge >= 0.3 is 5.97 Å². The number of benzene rings is 1. The third kappa shape index (κ3) is 3.50. The van der Waals surface area contributed by atoms with E-state index in [0.29, 0.717) is 19.4 Å². The predicted molar refractivity (Wildman–Crippen MR) is 84.3 cm³/mol. The molecule has 2 rings (SSSR count). The van der Waals surface area contributed by atoms with Gasteiger partial charge in [-0.25, -0.2) is 8.42 Å². The summed E-state index contributed by atoms with van der Waals surface area (Å²) in [6.07, 6.45) is 1.11. The first-order valence-corrected chi connectivity index (χ1v) is 8.90. The topological polar surface area (TPSA) is 74.7 Å². The van der Waals surface area contributed by atoms with E-state index in [1.807, 2.05) is 12.1 Å². The SMILES string of the molecule is CC(C)(C)c1ccc(S(=O)(=O)N2CCC[C@H](C(=O)O)C2)cc1. The Kier molecular flexibility index (Phi) is 4.63. The molecule has 0 unspecified atom stereocenters.